The summed E-state index contributed by atoms with van der Waals surface area (Å²) in [5.41, 5.74) is 19.6. The minimum atomic E-state index is -0.307. The zero-order chi connectivity index (χ0) is 27.8. The maximum absolute atomic E-state index is 14.7. The first-order valence-electron chi connectivity index (χ1n) is 12.2. The Hall–Kier alpha value is -4.42. The molecule has 0 fully saturated rings. The zero-order valence-electron chi connectivity index (χ0n) is 21.7. The fourth-order valence-electron chi connectivity index (χ4n) is 4.74. The van der Waals surface area contributed by atoms with Crippen molar-refractivity contribution in [1.29, 1.82) is 0 Å². The lowest BCUT2D eigenvalue weighted by atomic mass is 9.96. The van der Waals surface area contributed by atoms with Crippen molar-refractivity contribution in [3.63, 3.8) is 0 Å². The third-order valence-electron chi connectivity index (χ3n) is 6.35. The molecule has 0 saturated heterocycles. The molecule has 1 aliphatic heterocycles. The van der Waals surface area contributed by atoms with Crippen LogP contribution in [0.1, 0.15) is 31.9 Å². The van der Waals surface area contributed by atoms with E-state index in [0.29, 0.717) is 50.9 Å². The summed E-state index contributed by atoms with van der Waals surface area (Å²) in [6, 6.07) is 10.5. The molecule has 2 aromatic carbocycles. The van der Waals surface area contributed by atoms with Gasteiger partial charge in [-0.2, -0.15) is 5.10 Å². The number of nitrogens with zero attached hydrogens (tertiary/aromatic N) is 5. The Kier molecular flexibility index (Phi) is 6.98. The molecule has 200 valence electrons. The summed E-state index contributed by atoms with van der Waals surface area (Å²) in [5.74, 6) is -0.251. The summed E-state index contributed by atoms with van der Waals surface area (Å²) in [6.45, 7) is 10.0. The molecule has 12 heteroatoms. The Bertz CT molecular complexity index is 1650. The molecule has 4 aromatic rings. The van der Waals surface area contributed by atoms with E-state index in [1.54, 1.807) is 16.8 Å². The fourth-order valence-corrected chi connectivity index (χ4v) is 5.01. The van der Waals surface area contributed by atoms with Gasteiger partial charge in [0.1, 0.15) is 23.7 Å². The first kappa shape index (κ1) is 26.2. The number of benzene rings is 2. The number of allylic oxidation sites excluding steroid dienone is 1. The van der Waals surface area contributed by atoms with Crippen LogP contribution in [0, 0.1) is 5.82 Å². The average Bonchev–Trinajstić information content (AvgIpc) is 3.24. The third-order valence-corrected chi connectivity index (χ3v) is 6.72. The van der Waals surface area contributed by atoms with Gasteiger partial charge in [-0.1, -0.05) is 24.8 Å². The van der Waals surface area contributed by atoms with Crippen LogP contribution in [0.15, 0.2) is 59.9 Å². The molecule has 2 aromatic heterocycles. The Labute approximate surface area is 230 Å². The molecule has 39 heavy (non-hydrogen) atoms. The van der Waals surface area contributed by atoms with E-state index in [9.17, 15) is 9.18 Å². The molecule has 0 bridgehead atoms. The molecule has 5 N–H and O–H groups in total. The van der Waals surface area contributed by atoms with Gasteiger partial charge in [-0.25, -0.2) is 19.0 Å². The molecular weight excluding hydrogens is 517 g/mol. The smallest absolute Gasteiger partial charge is 0.232 e. The van der Waals surface area contributed by atoms with E-state index in [2.05, 4.69) is 45.6 Å². The maximum Gasteiger partial charge on any atom is 0.232 e. The standard InChI is InChI=1S/C27H28FN9OS/c1-14(2)37-15(3)23-17(6-5-7-20(23)28)10-19(37)12-36-27-24(26(29)30-13-31-27)25(34-36)18-8-9-21(22(39)11-18)33-35-32-16(4)38/h5-11,13-14,33,35,39H,3,12H2,1-2,4H3,(H,32,38)(H2,29,30,31). The number of carbonyl (C=O) groups is 1. The molecule has 0 atom stereocenters. The van der Waals surface area contributed by atoms with Gasteiger partial charge in [-0.05, 0) is 43.7 Å². The van der Waals surface area contributed by atoms with E-state index >= 15 is 0 Å². The average molecular weight is 546 g/mol. The fraction of sp³-hybridized carbons (Fsp3) is 0.185. The Morgan fingerprint density at radius 2 is 2.03 bits per heavy atom. The monoisotopic (exact) mass is 545 g/mol. The van der Waals surface area contributed by atoms with Crippen molar-refractivity contribution < 1.29 is 9.18 Å². The Morgan fingerprint density at radius 3 is 2.74 bits per heavy atom. The molecule has 5 rings (SSSR count). The predicted octanol–water partition coefficient (Wildman–Crippen LogP) is 4.21. The summed E-state index contributed by atoms with van der Waals surface area (Å²) < 4.78 is 16.5. The number of anilines is 2. The summed E-state index contributed by atoms with van der Waals surface area (Å²) >= 11 is 4.59. The number of halogens is 1. The number of amides is 1. The number of nitrogen functional groups attached to an aromatic ring is 1. The topological polar surface area (TPSA) is 126 Å². The second-order valence-corrected chi connectivity index (χ2v) is 9.86. The Morgan fingerprint density at radius 1 is 1.23 bits per heavy atom. The highest BCUT2D eigenvalue weighted by Gasteiger charge is 2.28. The number of nitrogens with one attached hydrogen (secondary N) is 3. The van der Waals surface area contributed by atoms with Crippen molar-refractivity contribution >= 4 is 52.8 Å². The van der Waals surface area contributed by atoms with E-state index in [1.807, 2.05) is 43.0 Å². The molecule has 3 heterocycles. The minimum Gasteiger partial charge on any atom is -0.383 e. The molecule has 0 radical (unpaired) electrons. The number of fused-ring (bicyclic) bond motifs is 2. The van der Waals surface area contributed by atoms with Crippen LogP contribution in [0.2, 0.25) is 0 Å². The van der Waals surface area contributed by atoms with Gasteiger partial charge in [-0.15, -0.1) is 18.2 Å². The summed E-state index contributed by atoms with van der Waals surface area (Å²) in [7, 11) is 0. The van der Waals surface area contributed by atoms with Gasteiger partial charge < -0.3 is 16.1 Å². The maximum atomic E-state index is 14.7. The van der Waals surface area contributed by atoms with Crippen molar-refractivity contribution in [3.05, 3.63) is 71.9 Å². The second-order valence-electron chi connectivity index (χ2n) is 9.38. The lowest BCUT2D eigenvalue weighted by Crippen LogP contribution is -2.39. The van der Waals surface area contributed by atoms with Gasteiger partial charge >= 0.3 is 0 Å². The number of thiol groups is 1. The summed E-state index contributed by atoms with van der Waals surface area (Å²) in [5, 5.41) is 5.51. The van der Waals surface area contributed by atoms with E-state index in [1.165, 1.54) is 19.3 Å². The van der Waals surface area contributed by atoms with Gasteiger partial charge in [0.15, 0.2) is 5.65 Å². The number of carbonyl (C=O) groups excluding carboxylic acids is 1. The van der Waals surface area contributed by atoms with Crippen molar-refractivity contribution in [2.24, 2.45) is 0 Å². The molecule has 0 spiro atoms. The van der Waals surface area contributed by atoms with Gasteiger partial charge in [0.05, 0.1) is 17.6 Å². The number of hydrazine groups is 2. The van der Waals surface area contributed by atoms with Crippen molar-refractivity contribution in [3.8, 4) is 11.3 Å². The first-order chi connectivity index (χ1) is 18.7. The number of rotatable bonds is 7. The quantitative estimate of drug-likeness (QED) is 0.173. The van der Waals surface area contributed by atoms with E-state index in [0.717, 1.165) is 16.8 Å². The van der Waals surface area contributed by atoms with Gasteiger partial charge in [0, 0.05) is 40.4 Å². The lowest BCUT2D eigenvalue weighted by molar-refractivity contribution is -0.119. The normalized spacial score (nSPS) is 13.0. The second kappa shape index (κ2) is 10.4. The lowest BCUT2D eigenvalue weighted by Gasteiger charge is -2.37. The number of hydrogen-bond acceptors (Lipinski definition) is 9. The molecular formula is C27H28FN9OS. The van der Waals surface area contributed by atoms with Crippen LogP contribution >= 0.6 is 12.6 Å². The SMILES string of the molecule is C=C1c2c(F)cccc2C=C(Cn2nc(-c3ccc(NNNC(C)=O)c(S)c3)c3c(N)ncnc32)N1C(C)C. The Balaban J connectivity index is 1.57. The summed E-state index contributed by atoms with van der Waals surface area (Å²) in [4.78, 5) is 22.4. The number of nitrogens with two attached hydrogens (primary N) is 1. The molecule has 0 unspecified atom stereocenters. The largest absolute Gasteiger partial charge is 0.383 e. The first-order valence-corrected chi connectivity index (χ1v) is 12.7. The van der Waals surface area contributed by atoms with Crippen molar-refractivity contribution in [2.75, 3.05) is 11.2 Å². The molecule has 1 aliphatic rings. The number of hydrogen-bond donors (Lipinski definition) is 5. The zero-order valence-corrected chi connectivity index (χ0v) is 22.6. The highest BCUT2D eigenvalue weighted by Crippen LogP contribution is 2.38. The van der Waals surface area contributed by atoms with Crippen LogP contribution in [-0.4, -0.2) is 36.6 Å². The van der Waals surface area contributed by atoms with Crippen molar-refractivity contribution in [2.45, 2.75) is 38.3 Å². The van der Waals surface area contributed by atoms with E-state index < -0.39 is 0 Å². The van der Waals surface area contributed by atoms with Gasteiger partial charge in [-0.3, -0.25) is 10.2 Å². The van der Waals surface area contributed by atoms with E-state index in [-0.39, 0.29) is 17.8 Å². The highest BCUT2D eigenvalue weighted by molar-refractivity contribution is 7.80. The molecule has 10 nitrogen and oxygen atoms in total. The van der Waals surface area contributed by atoms with Crippen LogP contribution in [0.25, 0.3) is 34.1 Å². The molecule has 0 saturated carbocycles. The van der Waals surface area contributed by atoms with Crippen LogP contribution < -0.4 is 22.1 Å². The van der Waals surface area contributed by atoms with Crippen LogP contribution in [0.3, 0.4) is 0 Å². The third kappa shape index (κ3) is 4.91. The summed E-state index contributed by atoms with van der Waals surface area (Å²) in [6.07, 6.45) is 3.36. The van der Waals surface area contributed by atoms with Gasteiger partial charge in [0.2, 0.25) is 5.91 Å². The number of aromatic nitrogens is 4. The van der Waals surface area contributed by atoms with Gasteiger partial charge in [0.25, 0.3) is 0 Å². The van der Waals surface area contributed by atoms with E-state index in [4.69, 9.17) is 10.8 Å². The van der Waals surface area contributed by atoms with Crippen LogP contribution in [0.4, 0.5) is 15.9 Å². The predicted molar refractivity (Wildman–Crippen MR) is 153 cm³/mol. The van der Waals surface area contributed by atoms with Crippen LogP contribution in [0.5, 0.6) is 0 Å². The highest BCUT2D eigenvalue weighted by atomic mass is 32.1. The molecule has 0 aliphatic carbocycles. The minimum absolute atomic E-state index is 0.0235. The van der Waals surface area contributed by atoms with Crippen molar-refractivity contribution in [1.82, 2.24) is 35.6 Å². The molecule has 1 amide bonds. The van der Waals surface area contributed by atoms with Crippen LogP contribution in [-0.2, 0) is 11.3 Å².